The molecule has 2 amide bonds. The minimum absolute atomic E-state index is 0.0142. The molecule has 14 heteroatoms. The van der Waals surface area contributed by atoms with Gasteiger partial charge < -0.3 is 20.6 Å². The van der Waals surface area contributed by atoms with Gasteiger partial charge in [0, 0.05) is 35.4 Å². The quantitative estimate of drug-likeness (QED) is 0.356. The van der Waals surface area contributed by atoms with Crippen LogP contribution in [0.4, 0.5) is 27.8 Å². The smallest absolute Gasteiger partial charge is 0.393 e. The first-order valence-corrected chi connectivity index (χ1v) is 14.8. The van der Waals surface area contributed by atoms with Crippen molar-refractivity contribution < 1.29 is 36.6 Å². The molecule has 0 spiro atoms. The summed E-state index contributed by atoms with van der Waals surface area (Å²) >= 11 is 0.778. The molecule has 4 fully saturated rings. The van der Waals surface area contributed by atoms with E-state index in [9.17, 15) is 36.6 Å². The van der Waals surface area contributed by atoms with E-state index >= 15 is 0 Å². The third-order valence-corrected chi connectivity index (χ3v) is 9.70. The Hall–Kier alpha value is -2.87. The van der Waals surface area contributed by atoms with E-state index < -0.39 is 48.0 Å². The first-order valence-electron chi connectivity index (χ1n) is 13.9. The average molecular weight is 600 g/mol. The molecule has 4 aliphatic rings. The fraction of sp³-hybridized carbons (Fsp3) is 0.630. The summed E-state index contributed by atoms with van der Waals surface area (Å²) in [6.07, 6.45) is -1.59. The molecule has 2 bridgehead atoms. The second-order valence-corrected chi connectivity index (χ2v) is 12.5. The summed E-state index contributed by atoms with van der Waals surface area (Å²) in [5, 5.41) is 14.8. The Morgan fingerprint density at radius 3 is 2.29 bits per heavy atom. The number of aromatic nitrogens is 2. The number of anilines is 1. The van der Waals surface area contributed by atoms with E-state index in [-0.39, 0.29) is 45.1 Å². The Balaban J connectivity index is 1.36. The monoisotopic (exact) mass is 599 g/mol. The van der Waals surface area contributed by atoms with E-state index in [2.05, 4.69) is 20.6 Å². The number of aliphatic hydroxyl groups excluding tert-OH is 1. The van der Waals surface area contributed by atoms with Crippen LogP contribution in [0.15, 0.2) is 12.3 Å². The second-order valence-electron chi connectivity index (χ2n) is 11.5. The molecule has 2 saturated carbocycles. The molecule has 4 heterocycles. The normalized spacial score (nSPS) is 26.6. The number of carbonyl (C=O) groups is 2. The number of carbonyl (C=O) groups excluding carboxylic acids is 2. The van der Waals surface area contributed by atoms with Gasteiger partial charge in [-0.25, -0.2) is 18.7 Å². The van der Waals surface area contributed by atoms with Gasteiger partial charge in [0.25, 0.3) is 18.2 Å². The Kier molecular flexibility index (Phi) is 7.41. The number of thiazole rings is 1. The van der Waals surface area contributed by atoms with E-state index in [1.165, 1.54) is 0 Å². The molecular weight excluding hydrogens is 569 g/mol. The number of nitrogens with one attached hydrogen (secondary N) is 2. The Bertz CT molecular complexity index is 1310. The van der Waals surface area contributed by atoms with Crippen LogP contribution in [0.5, 0.6) is 0 Å². The van der Waals surface area contributed by atoms with Crippen molar-refractivity contribution in [2.24, 2.45) is 5.92 Å². The Morgan fingerprint density at radius 2 is 1.73 bits per heavy atom. The number of hydrogen-bond donors (Lipinski definition) is 3. The lowest BCUT2D eigenvalue weighted by Crippen LogP contribution is -2.38. The van der Waals surface area contributed by atoms with Gasteiger partial charge in [-0.05, 0) is 69.8 Å². The third-order valence-electron chi connectivity index (χ3n) is 8.62. The molecule has 222 valence electrons. The van der Waals surface area contributed by atoms with Gasteiger partial charge in [0.2, 0.25) is 0 Å². The highest BCUT2D eigenvalue weighted by atomic mass is 32.1. The molecule has 2 aromatic heterocycles. The number of hydrogen-bond acceptors (Lipinski definition) is 7. The maximum absolute atomic E-state index is 14.4. The SMILES string of the molecule is O=C(N[C@@H]1CC[C@@H](O)C1)c1nc(C(=O)N2[C@H]3CC[C@@H]2CC3)c(-c2cnc(N[C@@H](C3CC3)C(F)(F)F)cc2C(F)F)s1. The van der Waals surface area contributed by atoms with Gasteiger partial charge in [-0.1, -0.05) is 0 Å². The van der Waals surface area contributed by atoms with Crippen molar-refractivity contribution in [1.82, 2.24) is 20.2 Å². The lowest BCUT2D eigenvalue weighted by atomic mass is 10.0. The largest absolute Gasteiger partial charge is 0.408 e. The lowest BCUT2D eigenvalue weighted by molar-refractivity contribution is -0.146. The minimum atomic E-state index is -4.57. The van der Waals surface area contributed by atoms with E-state index in [1.54, 1.807) is 4.90 Å². The summed E-state index contributed by atoms with van der Waals surface area (Å²) in [4.78, 5) is 37.0. The average Bonchev–Trinajstić information content (AvgIpc) is 3.23. The van der Waals surface area contributed by atoms with Gasteiger partial charge in [-0.2, -0.15) is 13.2 Å². The summed E-state index contributed by atoms with van der Waals surface area (Å²) in [6, 6.07) is -1.27. The number of fused-ring (bicyclic) bond motifs is 2. The Morgan fingerprint density at radius 1 is 1.05 bits per heavy atom. The van der Waals surface area contributed by atoms with Crippen LogP contribution in [0.3, 0.4) is 0 Å². The predicted octanol–water partition coefficient (Wildman–Crippen LogP) is 5.31. The number of rotatable bonds is 8. The molecule has 0 radical (unpaired) electrons. The number of pyridine rings is 1. The molecular formula is C27H30F5N5O3S. The van der Waals surface area contributed by atoms with Gasteiger partial charge in [-0.15, -0.1) is 11.3 Å². The summed E-state index contributed by atoms with van der Waals surface area (Å²) in [6.45, 7) is 0. The number of alkyl halides is 5. The maximum Gasteiger partial charge on any atom is 0.408 e. The molecule has 2 saturated heterocycles. The summed E-state index contributed by atoms with van der Waals surface area (Å²) in [7, 11) is 0. The van der Waals surface area contributed by atoms with Crippen molar-refractivity contribution in [2.45, 2.75) is 101 Å². The van der Waals surface area contributed by atoms with Crippen LogP contribution >= 0.6 is 11.3 Å². The van der Waals surface area contributed by atoms with Crippen LogP contribution in [0.2, 0.25) is 0 Å². The molecule has 0 aromatic carbocycles. The van der Waals surface area contributed by atoms with Crippen LogP contribution in [0.1, 0.15) is 90.1 Å². The van der Waals surface area contributed by atoms with Crippen molar-refractivity contribution >= 4 is 29.0 Å². The highest BCUT2D eigenvalue weighted by molar-refractivity contribution is 7.17. The van der Waals surface area contributed by atoms with Crippen LogP contribution in [-0.2, 0) is 0 Å². The highest BCUT2D eigenvalue weighted by Crippen LogP contribution is 2.44. The van der Waals surface area contributed by atoms with Crippen molar-refractivity contribution in [3.05, 3.63) is 28.5 Å². The zero-order valence-electron chi connectivity index (χ0n) is 22.0. The van der Waals surface area contributed by atoms with Crippen molar-refractivity contribution in [2.75, 3.05) is 5.32 Å². The first kappa shape index (κ1) is 28.3. The van der Waals surface area contributed by atoms with Gasteiger partial charge >= 0.3 is 6.18 Å². The van der Waals surface area contributed by atoms with Crippen LogP contribution < -0.4 is 10.6 Å². The van der Waals surface area contributed by atoms with Gasteiger partial charge in [0.15, 0.2) is 5.01 Å². The zero-order chi connectivity index (χ0) is 29.1. The van der Waals surface area contributed by atoms with E-state index in [4.69, 9.17) is 0 Å². The summed E-state index contributed by atoms with van der Waals surface area (Å²) < 4.78 is 69.5. The van der Waals surface area contributed by atoms with Crippen molar-refractivity contribution in [1.29, 1.82) is 0 Å². The minimum Gasteiger partial charge on any atom is -0.393 e. The lowest BCUT2D eigenvalue weighted by Gasteiger charge is -2.23. The molecule has 8 nitrogen and oxygen atoms in total. The number of amides is 2. The molecule has 2 aliphatic carbocycles. The molecule has 3 N–H and O–H groups in total. The van der Waals surface area contributed by atoms with Crippen molar-refractivity contribution in [3.8, 4) is 10.4 Å². The first-order chi connectivity index (χ1) is 19.5. The van der Waals surface area contributed by atoms with Gasteiger partial charge in [-0.3, -0.25) is 9.59 Å². The fourth-order valence-corrected chi connectivity index (χ4v) is 7.42. The topological polar surface area (TPSA) is 107 Å². The van der Waals surface area contributed by atoms with E-state index in [0.717, 1.165) is 49.3 Å². The van der Waals surface area contributed by atoms with Crippen LogP contribution in [0.25, 0.3) is 10.4 Å². The molecule has 6 rings (SSSR count). The van der Waals surface area contributed by atoms with E-state index in [1.807, 2.05) is 0 Å². The van der Waals surface area contributed by atoms with Crippen LogP contribution in [0, 0.1) is 5.92 Å². The van der Waals surface area contributed by atoms with Crippen LogP contribution in [-0.4, -0.2) is 68.2 Å². The van der Waals surface area contributed by atoms with Gasteiger partial charge in [0.1, 0.15) is 17.6 Å². The molecule has 0 unspecified atom stereocenters. The standard InChI is InChI=1S/C27H30F5N5O3S/c28-23(29)17-10-19(35-22(12-1-2-12)27(30,31)32)33-11-18(17)21-20(26(40)37-14-4-5-15(37)7-6-14)36-25(41-21)24(39)34-13-3-8-16(38)9-13/h10-16,22-23,38H,1-9H2,(H,33,35)(H,34,39)/t13-,14-,15+,16-,22+/m1/s1. The zero-order valence-corrected chi connectivity index (χ0v) is 22.8. The molecule has 2 aliphatic heterocycles. The Labute approximate surface area is 236 Å². The predicted molar refractivity (Wildman–Crippen MR) is 140 cm³/mol. The molecule has 41 heavy (non-hydrogen) atoms. The molecule has 2 aromatic rings. The molecule has 3 atom stereocenters. The summed E-state index contributed by atoms with van der Waals surface area (Å²) in [5.41, 5.74) is -0.892. The maximum atomic E-state index is 14.4. The highest BCUT2D eigenvalue weighted by Gasteiger charge is 2.49. The summed E-state index contributed by atoms with van der Waals surface area (Å²) in [5.74, 6) is -2.02. The van der Waals surface area contributed by atoms with Gasteiger partial charge in [0.05, 0.1) is 11.0 Å². The second kappa shape index (κ2) is 10.8. The van der Waals surface area contributed by atoms with E-state index in [0.29, 0.717) is 32.1 Å². The fourth-order valence-electron chi connectivity index (χ4n) is 6.42. The third kappa shape index (κ3) is 5.64. The number of nitrogens with zero attached hydrogens (tertiary/aromatic N) is 3. The number of aliphatic hydroxyl groups is 1. The number of halogens is 5. The van der Waals surface area contributed by atoms with Crippen molar-refractivity contribution in [3.63, 3.8) is 0 Å².